The first-order valence-corrected chi connectivity index (χ1v) is 7.65. The lowest BCUT2D eigenvalue weighted by atomic mass is 10.1. The normalized spacial score (nSPS) is 19.6. The Morgan fingerprint density at radius 2 is 2.30 bits per heavy atom. The second kappa shape index (κ2) is 7.04. The van der Waals surface area contributed by atoms with Gasteiger partial charge in [0.05, 0.1) is 19.3 Å². The molecule has 2 rings (SSSR count). The monoisotopic (exact) mass is 277 g/mol. The molecule has 1 unspecified atom stereocenters. The number of nitrogens with zero attached hydrogens (tertiary/aromatic N) is 2. The van der Waals surface area contributed by atoms with Crippen molar-refractivity contribution in [3.8, 4) is 0 Å². The van der Waals surface area contributed by atoms with Crippen LogP contribution in [0.2, 0.25) is 0 Å². The lowest BCUT2D eigenvalue weighted by molar-refractivity contribution is 0.0929. The van der Waals surface area contributed by atoms with Gasteiger partial charge in [-0.2, -0.15) is 0 Å². The fourth-order valence-electron chi connectivity index (χ4n) is 2.60. The molecule has 1 aromatic heterocycles. The number of hydrogen-bond donors (Lipinski definition) is 1. The Balaban J connectivity index is 2.25. The molecule has 2 heterocycles. The van der Waals surface area contributed by atoms with Gasteiger partial charge in [0.15, 0.2) is 0 Å². The van der Waals surface area contributed by atoms with Crippen LogP contribution in [0.15, 0.2) is 12.3 Å². The van der Waals surface area contributed by atoms with Crippen LogP contribution in [-0.2, 0) is 11.3 Å². The molecule has 0 saturated carbocycles. The molecule has 1 fully saturated rings. The van der Waals surface area contributed by atoms with Crippen molar-refractivity contribution in [2.24, 2.45) is 0 Å². The first-order chi connectivity index (χ1) is 9.61. The molecule has 0 amide bonds. The molecule has 0 radical (unpaired) electrons. The maximum atomic E-state index is 5.62. The maximum Gasteiger partial charge on any atom is 0.0670 e. The third kappa shape index (κ3) is 3.70. The van der Waals surface area contributed by atoms with Crippen LogP contribution in [-0.4, -0.2) is 36.8 Å². The largest absolute Gasteiger partial charge is 0.377 e. The summed E-state index contributed by atoms with van der Waals surface area (Å²) in [6.07, 6.45) is 3.13. The highest BCUT2D eigenvalue weighted by Crippen LogP contribution is 2.26. The van der Waals surface area contributed by atoms with Crippen LogP contribution in [0.4, 0.5) is 5.69 Å². The maximum absolute atomic E-state index is 5.62. The Labute approximate surface area is 122 Å². The molecule has 4 nitrogen and oxygen atoms in total. The minimum Gasteiger partial charge on any atom is -0.377 e. The molecule has 4 heteroatoms. The average molecular weight is 277 g/mol. The fourth-order valence-corrected chi connectivity index (χ4v) is 2.60. The van der Waals surface area contributed by atoms with Crippen molar-refractivity contribution < 1.29 is 4.74 Å². The Hall–Kier alpha value is -1.13. The molecule has 0 spiro atoms. The van der Waals surface area contributed by atoms with E-state index in [1.165, 1.54) is 11.3 Å². The number of nitrogens with one attached hydrogen (secondary N) is 1. The summed E-state index contributed by atoms with van der Waals surface area (Å²) in [6.45, 7) is 12.1. The molecule has 0 bridgehead atoms. The Morgan fingerprint density at radius 1 is 1.50 bits per heavy atom. The van der Waals surface area contributed by atoms with E-state index in [2.05, 4.69) is 49.0 Å². The molecule has 20 heavy (non-hydrogen) atoms. The van der Waals surface area contributed by atoms with Gasteiger partial charge in [-0.05, 0) is 19.4 Å². The molecule has 1 aliphatic rings. The van der Waals surface area contributed by atoms with E-state index in [1.54, 1.807) is 0 Å². The Morgan fingerprint density at radius 3 is 3.00 bits per heavy atom. The van der Waals surface area contributed by atoms with Crippen molar-refractivity contribution in [3.05, 3.63) is 23.5 Å². The summed E-state index contributed by atoms with van der Waals surface area (Å²) in [4.78, 5) is 6.96. The lowest BCUT2D eigenvalue weighted by Gasteiger charge is -2.38. The van der Waals surface area contributed by atoms with Gasteiger partial charge in [0, 0.05) is 42.3 Å². The number of rotatable bonds is 5. The van der Waals surface area contributed by atoms with Crippen LogP contribution >= 0.6 is 0 Å². The van der Waals surface area contributed by atoms with Crippen LogP contribution in [0.3, 0.4) is 0 Å². The van der Waals surface area contributed by atoms with Gasteiger partial charge < -0.3 is 15.0 Å². The van der Waals surface area contributed by atoms with Crippen LogP contribution in [0, 0.1) is 6.92 Å². The second-order valence-corrected chi connectivity index (χ2v) is 5.82. The van der Waals surface area contributed by atoms with Crippen LogP contribution in [0.25, 0.3) is 0 Å². The third-order valence-corrected chi connectivity index (χ3v) is 3.81. The average Bonchev–Trinajstić information content (AvgIpc) is 2.45. The molecule has 1 saturated heterocycles. The highest BCUT2D eigenvalue weighted by atomic mass is 16.5. The van der Waals surface area contributed by atoms with Crippen molar-refractivity contribution in [1.82, 2.24) is 10.3 Å². The Bertz CT molecular complexity index is 434. The van der Waals surface area contributed by atoms with Crippen molar-refractivity contribution in [1.29, 1.82) is 0 Å². The summed E-state index contributed by atoms with van der Waals surface area (Å²) in [6, 6.07) is 3.17. The molecule has 1 N–H and O–H groups in total. The van der Waals surface area contributed by atoms with E-state index in [0.717, 1.165) is 38.4 Å². The molecule has 0 aromatic carbocycles. The molecule has 1 aromatic rings. The van der Waals surface area contributed by atoms with Gasteiger partial charge in [-0.1, -0.05) is 20.8 Å². The van der Waals surface area contributed by atoms with Gasteiger partial charge in [0.2, 0.25) is 0 Å². The fraction of sp³-hybridized carbons (Fsp3) is 0.688. The minimum atomic E-state index is 0.475. The topological polar surface area (TPSA) is 37.4 Å². The SMILES string of the molecule is CCC1COCCN1c1cc(C)ncc1CNC(C)C. The molecule has 1 atom stereocenters. The van der Waals surface area contributed by atoms with Gasteiger partial charge in [-0.15, -0.1) is 0 Å². The van der Waals surface area contributed by atoms with E-state index in [-0.39, 0.29) is 0 Å². The summed E-state index contributed by atoms with van der Waals surface area (Å²) >= 11 is 0. The van der Waals surface area contributed by atoms with E-state index in [0.29, 0.717) is 12.1 Å². The van der Waals surface area contributed by atoms with Gasteiger partial charge in [-0.3, -0.25) is 4.98 Å². The van der Waals surface area contributed by atoms with Gasteiger partial charge in [-0.25, -0.2) is 0 Å². The first kappa shape index (κ1) is 15.3. The van der Waals surface area contributed by atoms with Crippen LogP contribution in [0.1, 0.15) is 38.4 Å². The number of hydrogen-bond acceptors (Lipinski definition) is 4. The highest BCUT2D eigenvalue weighted by Gasteiger charge is 2.23. The number of pyridine rings is 1. The molecule has 1 aliphatic heterocycles. The zero-order chi connectivity index (χ0) is 14.5. The van der Waals surface area contributed by atoms with Gasteiger partial charge >= 0.3 is 0 Å². The summed E-state index contributed by atoms with van der Waals surface area (Å²) < 4.78 is 5.62. The number of aryl methyl sites for hydroxylation is 1. The predicted octanol–water partition coefficient (Wildman–Crippen LogP) is 2.50. The molecular formula is C16H27N3O. The molecular weight excluding hydrogens is 250 g/mol. The predicted molar refractivity (Wildman–Crippen MR) is 83.2 cm³/mol. The van der Waals surface area contributed by atoms with E-state index < -0.39 is 0 Å². The van der Waals surface area contributed by atoms with Crippen LogP contribution in [0.5, 0.6) is 0 Å². The summed E-state index contributed by atoms with van der Waals surface area (Å²) in [7, 11) is 0. The van der Waals surface area contributed by atoms with Crippen molar-refractivity contribution >= 4 is 5.69 Å². The highest BCUT2D eigenvalue weighted by molar-refractivity contribution is 5.54. The van der Waals surface area contributed by atoms with E-state index in [4.69, 9.17) is 4.74 Å². The zero-order valence-corrected chi connectivity index (χ0v) is 13.1. The number of ether oxygens (including phenoxy) is 1. The lowest BCUT2D eigenvalue weighted by Crippen LogP contribution is -2.45. The van der Waals surface area contributed by atoms with Crippen molar-refractivity contribution in [2.75, 3.05) is 24.7 Å². The summed E-state index contributed by atoms with van der Waals surface area (Å²) in [5.41, 5.74) is 3.68. The number of morpholine rings is 1. The first-order valence-electron chi connectivity index (χ1n) is 7.65. The van der Waals surface area contributed by atoms with E-state index >= 15 is 0 Å². The molecule has 0 aliphatic carbocycles. The van der Waals surface area contributed by atoms with Crippen molar-refractivity contribution in [3.63, 3.8) is 0 Å². The van der Waals surface area contributed by atoms with E-state index in [1.807, 2.05) is 6.20 Å². The quantitative estimate of drug-likeness (QED) is 0.897. The minimum absolute atomic E-state index is 0.475. The smallest absolute Gasteiger partial charge is 0.0670 e. The second-order valence-electron chi connectivity index (χ2n) is 5.82. The standard InChI is InChI=1S/C16H27N3O/c1-5-15-11-20-7-6-19(15)16-8-13(4)18-10-14(16)9-17-12(2)3/h8,10,12,15,17H,5-7,9,11H2,1-4H3. The number of aromatic nitrogens is 1. The third-order valence-electron chi connectivity index (χ3n) is 3.81. The number of anilines is 1. The molecule has 112 valence electrons. The van der Waals surface area contributed by atoms with Gasteiger partial charge in [0.25, 0.3) is 0 Å². The van der Waals surface area contributed by atoms with E-state index in [9.17, 15) is 0 Å². The Kier molecular flexibility index (Phi) is 5.38. The summed E-state index contributed by atoms with van der Waals surface area (Å²) in [5.74, 6) is 0. The van der Waals surface area contributed by atoms with Crippen molar-refractivity contribution in [2.45, 2.75) is 52.7 Å². The van der Waals surface area contributed by atoms with Crippen LogP contribution < -0.4 is 10.2 Å². The summed E-state index contributed by atoms with van der Waals surface area (Å²) in [5, 5.41) is 3.50. The zero-order valence-electron chi connectivity index (χ0n) is 13.1. The van der Waals surface area contributed by atoms with Gasteiger partial charge in [0.1, 0.15) is 0 Å².